The molecular formula is C26H31N3O6. The number of fused-ring (bicyclic) bond motifs is 1. The Morgan fingerprint density at radius 1 is 0.886 bits per heavy atom. The van der Waals surface area contributed by atoms with E-state index in [9.17, 15) is 9.59 Å². The quantitative estimate of drug-likeness (QED) is 0.529. The number of carbonyl (C=O) groups is 2. The van der Waals surface area contributed by atoms with E-state index in [4.69, 9.17) is 18.9 Å². The minimum absolute atomic E-state index is 0.0836. The molecule has 3 aliphatic rings. The maximum Gasteiger partial charge on any atom is 0.247 e. The lowest BCUT2D eigenvalue weighted by Gasteiger charge is -2.37. The first kappa shape index (κ1) is 23.4. The zero-order chi connectivity index (χ0) is 24.4. The molecule has 2 amide bonds. The third kappa shape index (κ3) is 4.92. The summed E-state index contributed by atoms with van der Waals surface area (Å²) in [4.78, 5) is 31.7. The first-order valence-electron chi connectivity index (χ1n) is 12.0. The van der Waals surface area contributed by atoms with Gasteiger partial charge in [-0.2, -0.15) is 0 Å². The van der Waals surface area contributed by atoms with Crippen LogP contribution in [-0.2, 0) is 22.6 Å². The highest BCUT2D eigenvalue weighted by Gasteiger charge is 2.42. The summed E-state index contributed by atoms with van der Waals surface area (Å²) in [7, 11) is 3.19. The molecular weight excluding hydrogens is 450 g/mol. The molecule has 0 N–H and O–H groups in total. The molecule has 2 saturated heterocycles. The number of hydrogen-bond donors (Lipinski definition) is 0. The van der Waals surface area contributed by atoms with Crippen molar-refractivity contribution in [1.82, 2.24) is 14.7 Å². The number of methoxy groups -OCH3 is 2. The third-order valence-electron chi connectivity index (χ3n) is 6.98. The second-order valence-electron chi connectivity index (χ2n) is 9.04. The van der Waals surface area contributed by atoms with Gasteiger partial charge < -0.3 is 18.9 Å². The van der Waals surface area contributed by atoms with Gasteiger partial charge in [0.2, 0.25) is 18.6 Å². The van der Waals surface area contributed by atoms with Crippen molar-refractivity contribution < 1.29 is 28.5 Å². The highest BCUT2D eigenvalue weighted by molar-refractivity contribution is 6.05. The van der Waals surface area contributed by atoms with Crippen LogP contribution >= 0.6 is 0 Å². The molecule has 1 atom stereocenters. The molecule has 3 heterocycles. The summed E-state index contributed by atoms with van der Waals surface area (Å²) < 4.78 is 21.5. The van der Waals surface area contributed by atoms with Gasteiger partial charge in [-0.25, -0.2) is 0 Å². The van der Waals surface area contributed by atoms with Crippen molar-refractivity contribution in [3.63, 3.8) is 0 Å². The normalized spacial score (nSPS) is 20.5. The van der Waals surface area contributed by atoms with Gasteiger partial charge in [-0.15, -0.1) is 0 Å². The molecule has 0 aromatic heterocycles. The molecule has 2 aromatic rings. The molecule has 9 heteroatoms. The second-order valence-corrected chi connectivity index (χ2v) is 9.04. The third-order valence-corrected chi connectivity index (χ3v) is 6.98. The Balaban J connectivity index is 1.13. The van der Waals surface area contributed by atoms with Gasteiger partial charge in [-0.05, 0) is 41.8 Å². The Hall–Kier alpha value is -3.30. The molecule has 0 saturated carbocycles. The average molecular weight is 482 g/mol. The van der Waals surface area contributed by atoms with E-state index in [1.165, 1.54) is 10.5 Å². The smallest absolute Gasteiger partial charge is 0.247 e. The fourth-order valence-electron chi connectivity index (χ4n) is 4.99. The van der Waals surface area contributed by atoms with E-state index >= 15 is 0 Å². The molecule has 35 heavy (non-hydrogen) atoms. The zero-order valence-corrected chi connectivity index (χ0v) is 20.2. The van der Waals surface area contributed by atoms with Crippen molar-refractivity contribution in [2.24, 2.45) is 0 Å². The summed E-state index contributed by atoms with van der Waals surface area (Å²) in [5.74, 6) is 2.70. The Bertz CT molecular complexity index is 1100. The van der Waals surface area contributed by atoms with Gasteiger partial charge in [0.25, 0.3) is 0 Å². The maximum absolute atomic E-state index is 13.1. The first-order chi connectivity index (χ1) is 17.1. The van der Waals surface area contributed by atoms with Gasteiger partial charge in [-0.1, -0.05) is 12.1 Å². The predicted octanol–water partition coefficient (Wildman–Crippen LogP) is 1.92. The molecule has 0 radical (unpaired) electrons. The van der Waals surface area contributed by atoms with Crippen molar-refractivity contribution >= 4 is 11.8 Å². The number of piperazine rings is 1. The summed E-state index contributed by atoms with van der Waals surface area (Å²) in [6.45, 7) is 4.68. The second kappa shape index (κ2) is 10.1. The number of rotatable bonds is 8. The summed E-state index contributed by atoms with van der Waals surface area (Å²) in [6.07, 6.45) is 0.834. The molecule has 9 nitrogen and oxygen atoms in total. The zero-order valence-electron chi connectivity index (χ0n) is 20.2. The number of amides is 2. The van der Waals surface area contributed by atoms with Gasteiger partial charge in [0.05, 0.1) is 26.7 Å². The molecule has 2 fully saturated rings. The van der Waals surface area contributed by atoms with E-state index in [0.29, 0.717) is 24.5 Å². The number of benzene rings is 2. The minimum atomic E-state index is -0.361. The van der Waals surface area contributed by atoms with Gasteiger partial charge >= 0.3 is 0 Å². The van der Waals surface area contributed by atoms with E-state index in [2.05, 4.69) is 15.9 Å². The lowest BCUT2D eigenvalue weighted by atomic mass is 10.1. The Labute approximate surface area is 205 Å². The van der Waals surface area contributed by atoms with Gasteiger partial charge in [0, 0.05) is 39.3 Å². The number of carbonyl (C=O) groups excluding carboxylic acids is 2. The largest absolute Gasteiger partial charge is 0.493 e. The number of ether oxygens (including phenoxy) is 4. The van der Waals surface area contributed by atoms with Crippen molar-refractivity contribution in [2.45, 2.75) is 25.4 Å². The summed E-state index contributed by atoms with van der Waals surface area (Å²) in [6, 6.07) is 11.4. The summed E-state index contributed by atoms with van der Waals surface area (Å²) >= 11 is 0. The molecule has 0 unspecified atom stereocenters. The van der Waals surface area contributed by atoms with E-state index in [0.717, 1.165) is 49.8 Å². The monoisotopic (exact) mass is 481 g/mol. The molecule has 2 aromatic carbocycles. The van der Waals surface area contributed by atoms with E-state index in [-0.39, 0.29) is 31.1 Å². The van der Waals surface area contributed by atoms with Crippen LogP contribution in [0.25, 0.3) is 0 Å². The van der Waals surface area contributed by atoms with Crippen molar-refractivity contribution in [1.29, 1.82) is 0 Å². The average Bonchev–Trinajstić information content (AvgIpc) is 3.46. The Kier molecular flexibility index (Phi) is 6.79. The van der Waals surface area contributed by atoms with Crippen molar-refractivity contribution in [3.8, 4) is 23.0 Å². The van der Waals surface area contributed by atoms with Crippen LogP contribution in [0.5, 0.6) is 23.0 Å². The number of imide groups is 1. The van der Waals surface area contributed by atoms with E-state index < -0.39 is 0 Å². The van der Waals surface area contributed by atoms with Crippen LogP contribution < -0.4 is 18.9 Å². The van der Waals surface area contributed by atoms with Crippen LogP contribution in [0.15, 0.2) is 36.4 Å². The van der Waals surface area contributed by atoms with Gasteiger partial charge in [0.1, 0.15) is 0 Å². The summed E-state index contributed by atoms with van der Waals surface area (Å²) in [5.41, 5.74) is 2.17. The van der Waals surface area contributed by atoms with Crippen LogP contribution in [0.2, 0.25) is 0 Å². The highest BCUT2D eigenvalue weighted by Crippen LogP contribution is 2.33. The van der Waals surface area contributed by atoms with E-state index in [1.54, 1.807) is 14.2 Å². The predicted molar refractivity (Wildman–Crippen MR) is 128 cm³/mol. The van der Waals surface area contributed by atoms with Crippen LogP contribution in [-0.4, -0.2) is 86.3 Å². The maximum atomic E-state index is 13.1. The number of likely N-dealkylation sites (tertiary alicyclic amines) is 1. The standard InChI is InChI=1S/C26H31N3O6/c1-32-21-5-3-18(13-23(21)33-2)7-8-29-25(30)15-20(26(29)31)28-11-9-27(10-12-28)16-19-4-6-22-24(14-19)35-17-34-22/h3-6,13-14,20H,7-12,15-17H2,1-2H3/t20-/m0/s1. The fourth-order valence-corrected chi connectivity index (χ4v) is 4.99. The fraction of sp³-hybridized carbons (Fsp3) is 0.462. The SMILES string of the molecule is COc1ccc(CCN2C(=O)C[C@H](N3CCN(Cc4ccc5c(c4)OCO5)CC3)C2=O)cc1OC. The molecule has 3 aliphatic heterocycles. The number of hydrogen-bond acceptors (Lipinski definition) is 8. The summed E-state index contributed by atoms with van der Waals surface area (Å²) in [5, 5.41) is 0. The molecule has 0 aliphatic carbocycles. The Morgan fingerprint density at radius 3 is 2.40 bits per heavy atom. The molecule has 5 rings (SSSR count). The molecule has 0 spiro atoms. The van der Waals surface area contributed by atoms with E-state index in [1.807, 2.05) is 30.3 Å². The first-order valence-corrected chi connectivity index (χ1v) is 12.0. The van der Waals surface area contributed by atoms with Crippen LogP contribution in [0.4, 0.5) is 0 Å². The number of nitrogens with zero attached hydrogens (tertiary/aromatic N) is 3. The van der Waals surface area contributed by atoms with Crippen molar-refractivity contribution in [2.75, 3.05) is 53.7 Å². The van der Waals surface area contributed by atoms with Crippen LogP contribution in [0.3, 0.4) is 0 Å². The van der Waals surface area contributed by atoms with Crippen LogP contribution in [0.1, 0.15) is 17.5 Å². The van der Waals surface area contributed by atoms with Gasteiger partial charge in [0.15, 0.2) is 23.0 Å². The van der Waals surface area contributed by atoms with Crippen LogP contribution in [0, 0.1) is 0 Å². The Morgan fingerprint density at radius 2 is 1.63 bits per heavy atom. The minimum Gasteiger partial charge on any atom is -0.493 e. The van der Waals surface area contributed by atoms with Gasteiger partial charge in [-0.3, -0.25) is 24.3 Å². The molecule has 0 bridgehead atoms. The topological polar surface area (TPSA) is 80.8 Å². The lowest BCUT2D eigenvalue weighted by molar-refractivity contribution is -0.139. The highest BCUT2D eigenvalue weighted by atomic mass is 16.7. The lowest BCUT2D eigenvalue weighted by Crippen LogP contribution is -2.52. The van der Waals surface area contributed by atoms with Crippen molar-refractivity contribution in [3.05, 3.63) is 47.5 Å². The molecule has 186 valence electrons.